The summed E-state index contributed by atoms with van der Waals surface area (Å²) >= 11 is 0. The van der Waals surface area contributed by atoms with Crippen molar-refractivity contribution >= 4 is 16.6 Å². The number of rotatable bonds is 4. The van der Waals surface area contributed by atoms with Crippen molar-refractivity contribution in [3.8, 4) is 5.69 Å². The Morgan fingerprint density at radius 1 is 1.23 bits per heavy atom. The van der Waals surface area contributed by atoms with Crippen LogP contribution in [0.4, 0.5) is 23.2 Å². The highest BCUT2D eigenvalue weighted by molar-refractivity contribution is 5.93. The predicted octanol–water partition coefficient (Wildman–Crippen LogP) is 4.22. The molecule has 4 nitrogen and oxygen atoms in total. The SMILES string of the molecule is Cc1cc(NCC2(C(F)(F)F)CO2)c2cnn(-c3ccc(F)cc3)c2c1. The average Bonchev–Trinajstić information content (AvgIpc) is 3.27. The molecule has 26 heavy (non-hydrogen) atoms. The van der Waals surface area contributed by atoms with Crippen molar-refractivity contribution in [3.05, 3.63) is 54.0 Å². The van der Waals surface area contributed by atoms with Gasteiger partial charge in [0.25, 0.3) is 0 Å². The van der Waals surface area contributed by atoms with E-state index in [2.05, 4.69) is 15.2 Å². The highest BCUT2D eigenvalue weighted by Crippen LogP contribution is 2.43. The largest absolute Gasteiger partial charge is 0.421 e. The summed E-state index contributed by atoms with van der Waals surface area (Å²) in [5.74, 6) is -0.356. The van der Waals surface area contributed by atoms with E-state index >= 15 is 0 Å². The number of hydrogen-bond donors (Lipinski definition) is 1. The van der Waals surface area contributed by atoms with Crippen LogP contribution in [0.3, 0.4) is 0 Å². The molecule has 0 spiro atoms. The van der Waals surface area contributed by atoms with Crippen molar-refractivity contribution in [3.63, 3.8) is 0 Å². The van der Waals surface area contributed by atoms with E-state index in [1.807, 2.05) is 13.0 Å². The number of anilines is 1. The fourth-order valence-electron chi connectivity index (χ4n) is 2.89. The minimum absolute atomic E-state index is 0.340. The summed E-state index contributed by atoms with van der Waals surface area (Å²) in [6, 6.07) is 9.49. The Hall–Kier alpha value is -2.61. The highest BCUT2D eigenvalue weighted by atomic mass is 19.4. The van der Waals surface area contributed by atoms with Crippen molar-refractivity contribution in [2.24, 2.45) is 0 Å². The Kier molecular flexibility index (Phi) is 3.69. The van der Waals surface area contributed by atoms with Crippen LogP contribution >= 0.6 is 0 Å². The van der Waals surface area contributed by atoms with Crippen LogP contribution < -0.4 is 5.32 Å². The lowest BCUT2D eigenvalue weighted by Crippen LogP contribution is -2.39. The van der Waals surface area contributed by atoms with E-state index in [9.17, 15) is 17.6 Å². The number of ether oxygens (including phenoxy) is 1. The molecule has 1 atom stereocenters. The van der Waals surface area contributed by atoms with Gasteiger partial charge in [0.15, 0.2) is 0 Å². The number of nitrogens with one attached hydrogen (secondary N) is 1. The normalized spacial score (nSPS) is 19.7. The van der Waals surface area contributed by atoms with Gasteiger partial charge in [-0.1, -0.05) is 0 Å². The number of epoxide rings is 1. The van der Waals surface area contributed by atoms with Crippen molar-refractivity contribution in [2.75, 3.05) is 18.5 Å². The first kappa shape index (κ1) is 16.8. The summed E-state index contributed by atoms with van der Waals surface area (Å²) in [5.41, 5.74) is 0.678. The number of aryl methyl sites for hydroxylation is 1. The predicted molar refractivity (Wildman–Crippen MR) is 89.0 cm³/mol. The zero-order valence-corrected chi connectivity index (χ0v) is 13.8. The Bertz CT molecular complexity index is 959. The topological polar surface area (TPSA) is 42.4 Å². The summed E-state index contributed by atoms with van der Waals surface area (Å²) in [6.07, 6.45) is -2.84. The standard InChI is InChI=1S/C18H15F4N3O/c1-11-6-15(23-9-17(10-26-17)18(20,21)22)14-8-24-25(16(14)7-11)13-4-2-12(19)3-5-13/h2-8,23H,9-10H2,1H3. The molecule has 2 aromatic carbocycles. The third-order valence-electron chi connectivity index (χ3n) is 4.48. The van der Waals surface area contributed by atoms with E-state index < -0.39 is 11.8 Å². The van der Waals surface area contributed by atoms with Crippen molar-refractivity contribution in [1.82, 2.24) is 9.78 Å². The van der Waals surface area contributed by atoms with Crippen molar-refractivity contribution in [2.45, 2.75) is 18.7 Å². The van der Waals surface area contributed by atoms with Gasteiger partial charge in [-0.05, 0) is 48.9 Å². The summed E-state index contributed by atoms with van der Waals surface area (Å²) in [7, 11) is 0. The molecule has 4 rings (SSSR count). The number of nitrogens with zero attached hydrogens (tertiary/aromatic N) is 2. The molecule has 1 N–H and O–H groups in total. The van der Waals surface area contributed by atoms with E-state index in [1.54, 1.807) is 29.1 Å². The van der Waals surface area contributed by atoms with Gasteiger partial charge >= 0.3 is 6.18 Å². The summed E-state index contributed by atoms with van der Waals surface area (Å²) < 4.78 is 58.5. The molecule has 1 aliphatic rings. The molecule has 136 valence electrons. The first-order valence-corrected chi connectivity index (χ1v) is 7.98. The number of halogens is 4. The van der Waals surface area contributed by atoms with Crippen LogP contribution in [0.5, 0.6) is 0 Å². The van der Waals surface area contributed by atoms with Crippen molar-refractivity contribution < 1.29 is 22.3 Å². The van der Waals surface area contributed by atoms with Gasteiger partial charge in [0.05, 0.1) is 30.6 Å². The van der Waals surface area contributed by atoms with Gasteiger partial charge in [-0.25, -0.2) is 9.07 Å². The smallest absolute Gasteiger partial charge is 0.381 e. The molecule has 0 aliphatic carbocycles. The fourth-order valence-corrected chi connectivity index (χ4v) is 2.89. The van der Waals surface area contributed by atoms with Gasteiger partial charge < -0.3 is 10.1 Å². The lowest BCUT2D eigenvalue weighted by molar-refractivity contribution is -0.179. The number of alkyl halides is 3. The molecule has 2 heterocycles. The van der Waals surface area contributed by atoms with Gasteiger partial charge in [-0.3, -0.25) is 0 Å². The van der Waals surface area contributed by atoms with Gasteiger partial charge in [0.2, 0.25) is 5.60 Å². The lowest BCUT2D eigenvalue weighted by atomic mass is 10.1. The van der Waals surface area contributed by atoms with Gasteiger partial charge in [-0.15, -0.1) is 0 Å². The summed E-state index contributed by atoms with van der Waals surface area (Å²) in [4.78, 5) is 0. The second-order valence-corrected chi connectivity index (χ2v) is 6.41. The van der Waals surface area contributed by atoms with Crippen LogP contribution in [0.2, 0.25) is 0 Å². The third kappa shape index (κ3) is 2.80. The molecule has 0 amide bonds. The van der Waals surface area contributed by atoms with Crippen LogP contribution in [0.15, 0.2) is 42.6 Å². The molecule has 1 unspecified atom stereocenters. The zero-order valence-electron chi connectivity index (χ0n) is 13.8. The van der Waals surface area contributed by atoms with Gasteiger partial charge in [-0.2, -0.15) is 18.3 Å². The van der Waals surface area contributed by atoms with Crippen LogP contribution in [0.1, 0.15) is 5.56 Å². The maximum absolute atomic E-state index is 13.1. The first-order chi connectivity index (χ1) is 12.3. The van der Waals surface area contributed by atoms with E-state index in [-0.39, 0.29) is 19.0 Å². The van der Waals surface area contributed by atoms with E-state index in [1.165, 1.54) is 12.1 Å². The monoisotopic (exact) mass is 365 g/mol. The second kappa shape index (κ2) is 5.70. The second-order valence-electron chi connectivity index (χ2n) is 6.41. The van der Waals surface area contributed by atoms with Crippen LogP contribution in [-0.4, -0.2) is 34.7 Å². The van der Waals surface area contributed by atoms with E-state index in [4.69, 9.17) is 0 Å². The molecule has 1 aliphatic heterocycles. The maximum Gasteiger partial charge on any atom is 0.421 e. The number of fused-ring (bicyclic) bond motifs is 1. The van der Waals surface area contributed by atoms with Gasteiger partial charge in [0.1, 0.15) is 5.82 Å². The number of hydrogen-bond acceptors (Lipinski definition) is 3. The summed E-state index contributed by atoms with van der Waals surface area (Å²) in [5, 5.41) is 7.84. The molecular formula is C18H15F4N3O. The molecule has 0 saturated carbocycles. The Morgan fingerprint density at radius 2 is 1.92 bits per heavy atom. The van der Waals surface area contributed by atoms with Crippen LogP contribution in [0, 0.1) is 12.7 Å². The molecule has 0 radical (unpaired) electrons. The third-order valence-corrected chi connectivity index (χ3v) is 4.48. The summed E-state index contributed by atoms with van der Waals surface area (Å²) in [6.45, 7) is 1.14. The Balaban J connectivity index is 1.69. The quantitative estimate of drug-likeness (QED) is 0.556. The first-order valence-electron chi connectivity index (χ1n) is 7.98. The lowest BCUT2D eigenvalue weighted by Gasteiger charge is -2.18. The van der Waals surface area contributed by atoms with E-state index in [0.717, 1.165) is 11.1 Å². The van der Waals surface area contributed by atoms with Crippen LogP contribution in [-0.2, 0) is 4.74 Å². The minimum atomic E-state index is -4.42. The zero-order chi connectivity index (χ0) is 18.5. The molecule has 8 heteroatoms. The number of benzene rings is 2. The molecule has 1 saturated heterocycles. The molecule has 3 aromatic rings. The highest BCUT2D eigenvalue weighted by Gasteiger charge is 2.65. The molecule has 1 fully saturated rings. The van der Waals surface area contributed by atoms with Gasteiger partial charge in [0, 0.05) is 11.1 Å². The van der Waals surface area contributed by atoms with E-state index in [0.29, 0.717) is 16.8 Å². The minimum Gasteiger partial charge on any atom is -0.381 e. The Morgan fingerprint density at radius 3 is 2.54 bits per heavy atom. The van der Waals surface area contributed by atoms with Crippen molar-refractivity contribution in [1.29, 1.82) is 0 Å². The number of aromatic nitrogens is 2. The van der Waals surface area contributed by atoms with Crippen LogP contribution in [0.25, 0.3) is 16.6 Å². The average molecular weight is 365 g/mol. The Labute approximate surface area is 146 Å². The molecule has 0 bridgehead atoms. The molecular weight excluding hydrogens is 350 g/mol. The fraction of sp³-hybridized carbons (Fsp3) is 0.278. The molecule has 1 aromatic heterocycles. The maximum atomic E-state index is 13.1.